The van der Waals surface area contributed by atoms with Crippen LogP contribution in [0.5, 0.6) is 0 Å². The van der Waals surface area contributed by atoms with Gasteiger partial charge in [-0.15, -0.1) is 0 Å². The third-order valence-corrected chi connectivity index (χ3v) is 2.51. The Morgan fingerprint density at radius 2 is 1.57 bits per heavy atom. The van der Waals surface area contributed by atoms with Crippen LogP contribution in [0.25, 0.3) is 0 Å². The monoisotopic (exact) mass is 282 g/mol. The average molecular weight is 282 g/mol. The Kier molecular flexibility index (Phi) is 5.17. The summed E-state index contributed by atoms with van der Waals surface area (Å²) in [7, 11) is 0. The zero-order valence-electron chi connectivity index (χ0n) is 11.2. The first kappa shape index (κ1) is 14.4. The summed E-state index contributed by atoms with van der Waals surface area (Å²) in [4.78, 5) is 31.2. The molecule has 2 rings (SSSR count). The molecule has 0 unspecified atom stereocenters. The second-order valence-electron chi connectivity index (χ2n) is 4.02. The van der Waals surface area contributed by atoms with E-state index in [1.54, 1.807) is 54.9 Å². The summed E-state index contributed by atoms with van der Waals surface area (Å²) in [5.74, 6) is -0.570. The number of hydrogen-bond donors (Lipinski definition) is 2. The van der Waals surface area contributed by atoms with Crippen LogP contribution in [-0.4, -0.2) is 28.3 Å². The van der Waals surface area contributed by atoms with Gasteiger partial charge in [0.05, 0.1) is 0 Å². The van der Waals surface area contributed by atoms with Crippen LogP contribution in [0, 0.1) is 0 Å². The number of rotatable bonds is 5. The Hall–Kier alpha value is -3.02. The molecule has 0 aliphatic rings. The van der Waals surface area contributed by atoms with E-state index in [9.17, 15) is 9.59 Å². The summed E-state index contributed by atoms with van der Waals surface area (Å²) in [6.07, 6.45) is 6.20. The molecule has 2 heterocycles. The van der Waals surface area contributed by atoms with E-state index in [-0.39, 0.29) is 18.4 Å². The first-order chi connectivity index (χ1) is 10.3. The van der Waals surface area contributed by atoms with Crippen LogP contribution in [0.2, 0.25) is 0 Å². The van der Waals surface area contributed by atoms with Gasteiger partial charge in [-0.05, 0) is 30.3 Å². The molecule has 0 bridgehead atoms. The van der Waals surface area contributed by atoms with Crippen LogP contribution in [0.4, 0.5) is 0 Å². The molecule has 0 spiro atoms. The number of nitrogens with zero attached hydrogens (tertiary/aromatic N) is 2. The van der Waals surface area contributed by atoms with Crippen molar-refractivity contribution in [2.45, 2.75) is 0 Å². The lowest BCUT2D eigenvalue weighted by molar-refractivity contribution is 0.0951. The minimum atomic E-state index is -0.303. The second-order valence-corrected chi connectivity index (χ2v) is 4.02. The van der Waals surface area contributed by atoms with Crippen LogP contribution in [-0.2, 0) is 0 Å². The highest BCUT2D eigenvalue weighted by molar-refractivity contribution is 5.93. The molecule has 2 amide bonds. The molecule has 0 aromatic carbocycles. The Morgan fingerprint density at radius 3 is 2.14 bits per heavy atom. The highest BCUT2D eigenvalue weighted by atomic mass is 16.2. The molecule has 6 nitrogen and oxygen atoms in total. The molecule has 0 atom stereocenters. The van der Waals surface area contributed by atoms with Gasteiger partial charge >= 0.3 is 0 Å². The van der Waals surface area contributed by atoms with Gasteiger partial charge in [0.15, 0.2) is 0 Å². The van der Waals surface area contributed by atoms with Crippen molar-refractivity contribution in [1.29, 1.82) is 0 Å². The van der Waals surface area contributed by atoms with E-state index in [4.69, 9.17) is 0 Å². The van der Waals surface area contributed by atoms with Crippen molar-refractivity contribution in [3.05, 3.63) is 72.5 Å². The predicted molar refractivity (Wildman–Crippen MR) is 77.4 cm³/mol. The summed E-state index contributed by atoms with van der Waals surface area (Å²) in [6.45, 7) is 0.290. The van der Waals surface area contributed by atoms with E-state index in [1.165, 1.54) is 6.20 Å². The average Bonchev–Trinajstić information content (AvgIpc) is 2.55. The summed E-state index contributed by atoms with van der Waals surface area (Å²) < 4.78 is 0. The zero-order valence-corrected chi connectivity index (χ0v) is 11.2. The van der Waals surface area contributed by atoms with Gasteiger partial charge in [-0.2, -0.15) is 0 Å². The van der Waals surface area contributed by atoms with Gasteiger partial charge in [-0.1, -0.05) is 12.1 Å². The SMILES string of the molecule is O=C(NC=CCNC(=O)c1ccccn1)c1ccccn1. The van der Waals surface area contributed by atoms with Crippen molar-refractivity contribution in [1.82, 2.24) is 20.6 Å². The maximum atomic E-state index is 11.7. The molecular weight excluding hydrogens is 268 g/mol. The largest absolute Gasteiger partial charge is 0.347 e. The number of nitrogens with one attached hydrogen (secondary N) is 2. The second kappa shape index (κ2) is 7.54. The Labute approximate surface area is 121 Å². The topological polar surface area (TPSA) is 84.0 Å². The summed E-state index contributed by atoms with van der Waals surface area (Å²) in [5, 5.41) is 5.22. The highest BCUT2D eigenvalue weighted by Crippen LogP contribution is 1.93. The van der Waals surface area contributed by atoms with E-state index in [0.717, 1.165) is 0 Å². The molecule has 2 aromatic heterocycles. The van der Waals surface area contributed by atoms with Gasteiger partial charge in [0.2, 0.25) is 0 Å². The highest BCUT2D eigenvalue weighted by Gasteiger charge is 2.04. The lowest BCUT2D eigenvalue weighted by atomic mass is 10.3. The Morgan fingerprint density at radius 1 is 0.952 bits per heavy atom. The van der Waals surface area contributed by atoms with Crippen molar-refractivity contribution in [3.63, 3.8) is 0 Å². The lowest BCUT2D eigenvalue weighted by Gasteiger charge is -2.01. The normalized spacial score (nSPS) is 10.3. The third kappa shape index (κ3) is 4.54. The van der Waals surface area contributed by atoms with Gasteiger partial charge in [-0.3, -0.25) is 19.6 Å². The van der Waals surface area contributed by atoms with Crippen molar-refractivity contribution < 1.29 is 9.59 Å². The van der Waals surface area contributed by atoms with Crippen molar-refractivity contribution in [3.8, 4) is 0 Å². The van der Waals surface area contributed by atoms with E-state index < -0.39 is 0 Å². The number of carbonyl (C=O) groups excluding carboxylic acids is 2. The fraction of sp³-hybridized carbons (Fsp3) is 0.0667. The van der Waals surface area contributed by atoms with E-state index in [1.807, 2.05) is 0 Å². The van der Waals surface area contributed by atoms with Crippen LogP contribution in [0.15, 0.2) is 61.1 Å². The van der Waals surface area contributed by atoms with Gasteiger partial charge in [-0.25, -0.2) is 0 Å². The minimum absolute atomic E-state index is 0.267. The standard InChI is InChI=1S/C15H14N4O2/c20-14(12-6-1-3-8-16-12)18-10-5-11-19-15(21)13-7-2-4-9-17-13/h1-10H,11H2,(H,18,20)(H,19,21). The fourth-order valence-corrected chi connectivity index (χ4v) is 1.50. The number of amides is 2. The number of pyridine rings is 2. The van der Waals surface area contributed by atoms with E-state index in [0.29, 0.717) is 11.4 Å². The fourth-order valence-electron chi connectivity index (χ4n) is 1.50. The molecule has 21 heavy (non-hydrogen) atoms. The van der Waals surface area contributed by atoms with Crippen LogP contribution in [0.1, 0.15) is 21.0 Å². The molecule has 2 aromatic rings. The van der Waals surface area contributed by atoms with Gasteiger partial charge in [0, 0.05) is 25.1 Å². The smallest absolute Gasteiger partial charge is 0.273 e. The van der Waals surface area contributed by atoms with E-state index >= 15 is 0 Å². The maximum absolute atomic E-state index is 11.7. The molecule has 0 saturated carbocycles. The van der Waals surface area contributed by atoms with Crippen molar-refractivity contribution in [2.75, 3.05) is 6.54 Å². The third-order valence-electron chi connectivity index (χ3n) is 2.51. The van der Waals surface area contributed by atoms with Crippen LogP contribution < -0.4 is 10.6 Å². The number of aromatic nitrogens is 2. The first-order valence-electron chi connectivity index (χ1n) is 6.33. The summed E-state index contributed by atoms with van der Waals surface area (Å²) >= 11 is 0. The minimum Gasteiger partial charge on any atom is -0.347 e. The molecular formula is C15H14N4O2. The van der Waals surface area contributed by atoms with Crippen LogP contribution in [0.3, 0.4) is 0 Å². The Balaban J connectivity index is 1.74. The predicted octanol–water partition coefficient (Wildman–Crippen LogP) is 1.15. The molecule has 0 aliphatic heterocycles. The van der Waals surface area contributed by atoms with Gasteiger partial charge < -0.3 is 10.6 Å². The van der Waals surface area contributed by atoms with E-state index in [2.05, 4.69) is 20.6 Å². The first-order valence-corrected chi connectivity index (χ1v) is 6.33. The molecule has 0 radical (unpaired) electrons. The molecule has 0 aliphatic carbocycles. The Bertz CT molecular complexity index is 627. The molecule has 106 valence electrons. The summed E-state index contributed by atoms with van der Waals surface area (Å²) in [6, 6.07) is 10.2. The summed E-state index contributed by atoms with van der Waals surface area (Å²) in [5.41, 5.74) is 0.683. The quantitative estimate of drug-likeness (QED) is 0.861. The molecule has 2 N–H and O–H groups in total. The van der Waals surface area contributed by atoms with Crippen molar-refractivity contribution in [2.24, 2.45) is 0 Å². The molecule has 6 heteroatoms. The lowest BCUT2D eigenvalue weighted by Crippen LogP contribution is -2.25. The van der Waals surface area contributed by atoms with Gasteiger partial charge in [0.25, 0.3) is 11.8 Å². The zero-order chi connectivity index (χ0) is 14.9. The number of hydrogen-bond acceptors (Lipinski definition) is 4. The van der Waals surface area contributed by atoms with Gasteiger partial charge in [0.1, 0.15) is 11.4 Å². The maximum Gasteiger partial charge on any atom is 0.273 e. The van der Waals surface area contributed by atoms with Crippen molar-refractivity contribution >= 4 is 11.8 Å². The molecule has 0 fully saturated rings. The molecule has 0 saturated heterocycles. The van der Waals surface area contributed by atoms with Crippen LogP contribution >= 0.6 is 0 Å². The number of carbonyl (C=O) groups is 2.